The molecule has 0 aromatic carbocycles. The molecule has 0 saturated carbocycles. The molecule has 0 bridgehead atoms. The average Bonchev–Trinajstić information content (AvgIpc) is 2.01. The van der Waals surface area contributed by atoms with E-state index in [9.17, 15) is 0 Å². The monoisotopic (exact) mass is 192 g/mol. The molecule has 0 saturated heterocycles. The van der Waals surface area contributed by atoms with Crippen LogP contribution in [0.3, 0.4) is 0 Å². The quantitative estimate of drug-likeness (QED) is 0.527. The van der Waals surface area contributed by atoms with Gasteiger partial charge in [-0.2, -0.15) is 0 Å². The van der Waals surface area contributed by atoms with Crippen LogP contribution in [0, 0.1) is 16.7 Å². The van der Waals surface area contributed by atoms with E-state index in [2.05, 4.69) is 59.8 Å². The summed E-state index contributed by atoms with van der Waals surface area (Å²) in [6.45, 7) is 13.9. The Kier molecular flexibility index (Phi) is 2.94. The standard InChI is InChI=1S/C14H24/c1-13(2,3)11-8-7-9-12(10-11)14(4,5)6/h7-9,11H,10H2,1-6H3. The Morgan fingerprint density at radius 3 is 2.07 bits per heavy atom. The van der Waals surface area contributed by atoms with Crippen LogP contribution in [0.2, 0.25) is 0 Å². The fourth-order valence-electron chi connectivity index (χ4n) is 1.83. The molecule has 1 unspecified atom stereocenters. The van der Waals surface area contributed by atoms with E-state index in [1.807, 2.05) is 0 Å². The van der Waals surface area contributed by atoms with Gasteiger partial charge < -0.3 is 0 Å². The van der Waals surface area contributed by atoms with Crippen molar-refractivity contribution in [1.29, 1.82) is 0 Å². The molecule has 0 heterocycles. The second kappa shape index (κ2) is 3.56. The fraction of sp³-hybridized carbons (Fsp3) is 0.714. The van der Waals surface area contributed by atoms with E-state index in [0.29, 0.717) is 16.7 Å². The van der Waals surface area contributed by atoms with Crippen LogP contribution in [0.15, 0.2) is 23.8 Å². The third kappa shape index (κ3) is 2.73. The molecule has 0 aromatic heterocycles. The third-order valence-electron chi connectivity index (χ3n) is 3.16. The van der Waals surface area contributed by atoms with E-state index in [4.69, 9.17) is 0 Å². The predicted molar refractivity (Wildman–Crippen MR) is 64.2 cm³/mol. The van der Waals surface area contributed by atoms with Gasteiger partial charge in [0, 0.05) is 0 Å². The minimum atomic E-state index is 0.328. The smallest absolute Gasteiger partial charge is 0.0144 e. The normalized spacial score (nSPS) is 23.6. The second-order valence-corrected chi connectivity index (χ2v) is 6.50. The van der Waals surface area contributed by atoms with Crippen LogP contribution in [0.5, 0.6) is 0 Å². The molecule has 0 aromatic rings. The first-order valence-corrected chi connectivity index (χ1v) is 5.59. The summed E-state index contributed by atoms with van der Waals surface area (Å²) in [5.74, 6) is 0.696. The van der Waals surface area contributed by atoms with E-state index < -0.39 is 0 Å². The molecular formula is C14H24. The summed E-state index contributed by atoms with van der Waals surface area (Å²) in [6, 6.07) is 0. The second-order valence-electron chi connectivity index (χ2n) is 6.50. The highest BCUT2D eigenvalue weighted by atomic mass is 14.3. The average molecular weight is 192 g/mol. The first kappa shape index (κ1) is 11.6. The van der Waals surface area contributed by atoms with Gasteiger partial charge in [0.25, 0.3) is 0 Å². The summed E-state index contributed by atoms with van der Waals surface area (Å²) in [6.07, 6.45) is 8.11. The summed E-state index contributed by atoms with van der Waals surface area (Å²) in [5, 5.41) is 0. The van der Waals surface area contributed by atoms with Gasteiger partial charge in [-0.25, -0.2) is 0 Å². The van der Waals surface area contributed by atoms with Crippen molar-refractivity contribution in [3.8, 4) is 0 Å². The minimum absolute atomic E-state index is 0.328. The number of allylic oxidation sites excluding steroid dienone is 4. The Balaban J connectivity index is 2.80. The van der Waals surface area contributed by atoms with E-state index >= 15 is 0 Å². The maximum Gasteiger partial charge on any atom is -0.0144 e. The lowest BCUT2D eigenvalue weighted by molar-refractivity contribution is 0.275. The first-order chi connectivity index (χ1) is 6.21. The van der Waals surface area contributed by atoms with Crippen LogP contribution in [-0.2, 0) is 0 Å². The molecule has 0 nitrogen and oxygen atoms in total. The van der Waals surface area contributed by atoms with Gasteiger partial charge in [-0.15, -0.1) is 0 Å². The Labute approximate surface area is 89.1 Å². The summed E-state index contributed by atoms with van der Waals surface area (Å²) < 4.78 is 0. The highest BCUT2D eigenvalue weighted by Gasteiger charge is 2.28. The minimum Gasteiger partial charge on any atom is -0.0806 e. The molecule has 0 N–H and O–H groups in total. The van der Waals surface area contributed by atoms with Crippen LogP contribution in [0.1, 0.15) is 48.0 Å². The maximum absolute atomic E-state index is 2.36. The van der Waals surface area contributed by atoms with Crippen molar-refractivity contribution < 1.29 is 0 Å². The van der Waals surface area contributed by atoms with Crippen molar-refractivity contribution in [3.05, 3.63) is 23.8 Å². The summed E-state index contributed by atoms with van der Waals surface area (Å²) >= 11 is 0. The molecule has 14 heavy (non-hydrogen) atoms. The van der Waals surface area contributed by atoms with Crippen LogP contribution in [0.25, 0.3) is 0 Å². The van der Waals surface area contributed by atoms with Crippen LogP contribution in [0.4, 0.5) is 0 Å². The number of hydrogen-bond acceptors (Lipinski definition) is 0. The van der Waals surface area contributed by atoms with E-state index in [0.717, 1.165) is 0 Å². The van der Waals surface area contributed by atoms with E-state index in [1.165, 1.54) is 6.42 Å². The fourth-order valence-corrected chi connectivity index (χ4v) is 1.83. The molecule has 0 amide bonds. The van der Waals surface area contributed by atoms with Gasteiger partial charge in [0.1, 0.15) is 0 Å². The van der Waals surface area contributed by atoms with Crippen LogP contribution < -0.4 is 0 Å². The number of hydrogen-bond donors (Lipinski definition) is 0. The lowest BCUT2D eigenvalue weighted by atomic mass is 9.70. The molecule has 0 aliphatic heterocycles. The lowest BCUT2D eigenvalue weighted by Crippen LogP contribution is -2.23. The molecule has 1 aliphatic carbocycles. The zero-order valence-corrected chi connectivity index (χ0v) is 10.5. The molecule has 0 spiro atoms. The molecule has 1 aliphatic rings. The van der Waals surface area contributed by atoms with E-state index in [1.54, 1.807) is 5.57 Å². The largest absolute Gasteiger partial charge is 0.0806 e. The molecule has 0 fully saturated rings. The molecule has 1 rings (SSSR count). The van der Waals surface area contributed by atoms with Gasteiger partial charge in [0.15, 0.2) is 0 Å². The van der Waals surface area contributed by atoms with Crippen molar-refractivity contribution in [2.45, 2.75) is 48.0 Å². The van der Waals surface area contributed by atoms with Gasteiger partial charge in [0.05, 0.1) is 0 Å². The van der Waals surface area contributed by atoms with Crippen molar-refractivity contribution in [2.24, 2.45) is 16.7 Å². The Bertz CT molecular complexity index is 253. The molecule has 1 atom stereocenters. The number of rotatable bonds is 0. The van der Waals surface area contributed by atoms with Gasteiger partial charge in [-0.05, 0) is 23.2 Å². The molecular weight excluding hydrogens is 168 g/mol. The first-order valence-electron chi connectivity index (χ1n) is 5.59. The third-order valence-corrected chi connectivity index (χ3v) is 3.16. The molecule has 80 valence electrons. The Hall–Kier alpha value is -0.520. The van der Waals surface area contributed by atoms with Gasteiger partial charge >= 0.3 is 0 Å². The summed E-state index contributed by atoms with van der Waals surface area (Å²) in [5.41, 5.74) is 2.30. The maximum atomic E-state index is 2.36. The van der Waals surface area contributed by atoms with Gasteiger partial charge in [0.2, 0.25) is 0 Å². The summed E-state index contributed by atoms with van der Waals surface area (Å²) in [4.78, 5) is 0. The van der Waals surface area contributed by atoms with Crippen molar-refractivity contribution in [1.82, 2.24) is 0 Å². The van der Waals surface area contributed by atoms with Crippen molar-refractivity contribution in [3.63, 3.8) is 0 Å². The topological polar surface area (TPSA) is 0 Å². The molecule has 0 radical (unpaired) electrons. The van der Waals surface area contributed by atoms with Gasteiger partial charge in [-0.3, -0.25) is 0 Å². The Morgan fingerprint density at radius 2 is 1.64 bits per heavy atom. The zero-order chi connectivity index (χ0) is 11.0. The highest BCUT2D eigenvalue weighted by Crippen LogP contribution is 2.40. The van der Waals surface area contributed by atoms with Gasteiger partial charge in [-0.1, -0.05) is 65.3 Å². The SMILES string of the molecule is CC(C)(C)C1=CC=CC(C(C)(C)C)C1. The predicted octanol–water partition coefficient (Wildman–Crippen LogP) is 4.58. The summed E-state index contributed by atoms with van der Waals surface area (Å²) in [7, 11) is 0. The highest BCUT2D eigenvalue weighted by molar-refractivity contribution is 5.25. The van der Waals surface area contributed by atoms with Crippen molar-refractivity contribution >= 4 is 0 Å². The van der Waals surface area contributed by atoms with Crippen LogP contribution >= 0.6 is 0 Å². The Morgan fingerprint density at radius 1 is 1.07 bits per heavy atom. The molecule has 0 heteroatoms. The van der Waals surface area contributed by atoms with Crippen LogP contribution in [-0.4, -0.2) is 0 Å². The zero-order valence-electron chi connectivity index (χ0n) is 10.5. The van der Waals surface area contributed by atoms with E-state index in [-0.39, 0.29) is 0 Å². The lowest BCUT2D eigenvalue weighted by Gasteiger charge is -2.35. The van der Waals surface area contributed by atoms with Crippen molar-refractivity contribution in [2.75, 3.05) is 0 Å².